The van der Waals surface area contributed by atoms with Crippen molar-refractivity contribution in [1.29, 1.82) is 0 Å². The van der Waals surface area contributed by atoms with E-state index < -0.39 is 0 Å². The molecule has 3 saturated carbocycles. The summed E-state index contributed by atoms with van der Waals surface area (Å²) in [5.74, 6) is 2.92. The normalized spacial score (nSPS) is 39.8. The van der Waals surface area contributed by atoms with Gasteiger partial charge in [-0.2, -0.15) is 0 Å². The van der Waals surface area contributed by atoms with Crippen molar-refractivity contribution in [3.63, 3.8) is 0 Å². The summed E-state index contributed by atoms with van der Waals surface area (Å²) >= 11 is 0. The number of rotatable bonds is 3. The van der Waals surface area contributed by atoms with E-state index in [1.165, 1.54) is 57.8 Å². The second-order valence-electron chi connectivity index (χ2n) is 8.57. The van der Waals surface area contributed by atoms with E-state index in [1.807, 2.05) is 0 Å². The van der Waals surface area contributed by atoms with Gasteiger partial charge >= 0.3 is 5.97 Å². The largest absolute Gasteiger partial charge is 0.462 e. The zero-order valence-electron chi connectivity index (χ0n) is 14.8. The average molecular weight is 338 g/mol. The molecule has 3 aliphatic carbocycles. The summed E-state index contributed by atoms with van der Waals surface area (Å²) in [5, 5.41) is 0. The van der Waals surface area contributed by atoms with E-state index in [2.05, 4.69) is 16.2 Å². The Hall–Kier alpha value is -0.100. The molecule has 0 N–H and O–H groups in total. The summed E-state index contributed by atoms with van der Waals surface area (Å²) in [7, 11) is 2.91. The molecule has 2 nitrogen and oxygen atoms in total. The molecule has 0 amide bonds. The lowest BCUT2D eigenvalue weighted by Gasteiger charge is -2.36. The first-order valence-electron chi connectivity index (χ1n) is 10.1. The number of carbonyl (C=O) groups is 1. The van der Waals surface area contributed by atoms with Crippen LogP contribution in [0.1, 0.15) is 84.0 Å². The van der Waals surface area contributed by atoms with Gasteiger partial charge in [-0.1, -0.05) is 39.0 Å². The highest BCUT2D eigenvalue weighted by atomic mass is 31.0. The molecule has 3 rings (SSSR count). The second kappa shape index (κ2) is 8.32. The number of hydrogen-bond donors (Lipinski definition) is 0. The van der Waals surface area contributed by atoms with Crippen molar-refractivity contribution >= 4 is 15.2 Å². The van der Waals surface area contributed by atoms with Crippen LogP contribution in [0, 0.1) is 23.7 Å². The summed E-state index contributed by atoms with van der Waals surface area (Å²) in [4.78, 5) is 12.5. The van der Waals surface area contributed by atoms with Gasteiger partial charge in [-0.05, 0) is 62.7 Å². The SMILES string of the molecule is CC1CCC(OC(=O)C2CCC(C3CCCCC3)CC2)C(P)C1. The molecular formula is C20H35O2P. The quantitative estimate of drug-likeness (QED) is 0.512. The van der Waals surface area contributed by atoms with E-state index in [-0.39, 0.29) is 18.0 Å². The molecule has 132 valence electrons. The number of esters is 1. The third-order valence-corrected chi connectivity index (χ3v) is 7.49. The Labute approximate surface area is 144 Å². The highest BCUT2D eigenvalue weighted by Gasteiger charge is 2.34. The van der Waals surface area contributed by atoms with Crippen LogP contribution in [-0.2, 0) is 9.53 Å². The highest BCUT2D eigenvalue weighted by Crippen LogP contribution is 2.40. The van der Waals surface area contributed by atoms with E-state index in [9.17, 15) is 4.79 Å². The summed E-state index contributed by atoms with van der Waals surface area (Å²) in [5.41, 5.74) is 0.460. The van der Waals surface area contributed by atoms with Gasteiger partial charge in [0.1, 0.15) is 6.10 Å². The molecule has 0 aromatic heterocycles. The predicted octanol–water partition coefficient (Wildman–Crippen LogP) is 5.35. The molecule has 3 heteroatoms. The molecule has 0 spiro atoms. The van der Waals surface area contributed by atoms with Crippen LogP contribution in [0.3, 0.4) is 0 Å². The van der Waals surface area contributed by atoms with Crippen LogP contribution in [0.4, 0.5) is 0 Å². The third kappa shape index (κ3) is 4.71. The lowest BCUT2D eigenvalue weighted by Crippen LogP contribution is -2.36. The number of carbonyl (C=O) groups excluding carboxylic acids is 1. The topological polar surface area (TPSA) is 26.3 Å². The van der Waals surface area contributed by atoms with Crippen molar-refractivity contribution in [2.75, 3.05) is 0 Å². The fraction of sp³-hybridized carbons (Fsp3) is 0.950. The van der Waals surface area contributed by atoms with Crippen LogP contribution < -0.4 is 0 Å². The Morgan fingerprint density at radius 3 is 2.17 bits per heavy atom. The maximum Gasteiger partial charge on any atom is 0.309 e. The van der Waals surface area contributed by atoms with E-state index >= 15 is 0 Å². The molecular weight excluding hydrogens is 303 g/mol. The van der Waals surface area contributed by atoms with E-state index in [4.69, 9.17) is 4.74 Å². The third-order valence-electron chi connectivity index (χ3n) is 6.79. The molecule has 0 aromatic carbocycles. The summed E-state index contributed by atoms with van der Waals surface area (Å²) in [6.45, 7) is 2.31. The molecule has 23 heavy (non-hydrogen) atoms. The first kappa shape index (κ1) is 17.7. The van der Waals surface area contributed by atoms with Crippen LogP contribution in [0.15, 0.2) is 0 Å². The molecule has 0 heterocycles. The van der Waals surface area contributed by atoms with Gasteiger partial charge in [0.25, 0.3) is 0 Å². The summed E-state index contributed by atoms with van der Waals surface area (Å²) in [6, 6.07) is 0. The Balaban J connectivity index is 1.43. The minimum absolute atomic E-state index is 0.110. The summed E-state index contributed by atoms with van der Waals surface area (Å²) < 4.78 is 5.91. The monoisotopic (exact) mass is 338 g/mol. The minimum atomic E-state index is 0.110. The van der Waals surface area contributed by atoms with E-state index in [1.54, 1.807) is 0 Å². The van der Waals surface area contributed by atoms with Crippen molar-refractivity contribution in [3.05, 3.63) is 0 Å². The maximum atomic E-state index is 12.5. The predicted molar refractivity (Wildman–Crippen MR) is 98.4 cm³/mol. The maximum absolute atomic E-state index is 12.5. The van der Waals surface area contributed by atoms with Crippen LogP contribution >= 0.6 is 9.24 Å². The standard InChI is InChI=1S/C20H35O2P/c1-14-7-12-18(19(23)13-14)22-20(21)17-10-8-16(9-11-17)15-5-3-2-4-6-15/h14-19H,2-13,23H2,1H3. The minimum Gasteiger partial charge on any atom is -0.462 e. The van der Waals surface area contributed by atoms with E-state index in [0.29, 0.717) is 5.66 Å². The first-order valence-corrected chi connectivity index (χ1v) is 10.8. The van der Waals surface area contributed by atoms with Crippen molar-refractivity contribution < 1.29 is 9.53 Å². The summed E-state index contributed by atoms with van der Waals surface area (Å²) in [6.07, 6.45) is 15.4. The Kier molecular flexibility index (Phi) is 6.41. The van der Waals surface area contributed by atoms with Gasteiger partial charge in [0.05, 0.1) is 5.92 Å². The molecule has 4 atom stereocenters. The first-order chi connectivity index (χ1) is 11.1. The van der Waals surface area contributed by atoms with Crippen LogP contribution in [0.2, 0.25) is 0 Å². The van der Waals surface area contributed by atoms with Crippen LogP contribution in [0.5, 0.6) is 0 Å². The Morgan fingerprint density at radius 1 is 0.870 bits per heavy atom. The van der Waals surface area contributed by atoms with Crippen LogP contribution in [-0.4, -0.2) is 17.7 Å². The Bertz CT molecular complexity index is 383. The van der Waals surface area contributed by atoms with Crippen LogP contribution in [0.25, 0.3) is 0 Å². The fourth-order valence-electron chi connectivity index (χ4n) is 5.22. The second-order valence-corrected chi connectivity index (χ2v) is 9.42. The molecule has 3 aliphatic rings. The molecule has 3 fully saturated rings. The van der Waals surface area contributed by atoms with Crippen molar-refractivity contribution in [2.24, 2.45) is 23.7 Å². The van der Waals surface area contributed by atoms with Gasteiger partial charge < -0.3 is 4.74 Å². The van der Waals surface area contributed by atoms with Crippen molar-refractivity contribution in [1.82, 2.24) is 0 Å². The molecule has 4 unspecified atom stereocenters. The van der Waals surface area contributed by atoms with E-state index in [0.717, 1.165) is 37.0 Å². The van der Waals surface area contributed by atoms with Gasteiger partial charge in [0.15, 0.2) is 0 Å². The average Bonchev–Trinajstić information content (AvgIpc) is 2.58. The van der Waals surface area contributed by atoms with Crippen molar-refractivity contribution in [3.8, 4) is 0 Å². The smallest absolute Gasteiger partial charge is 0.309 e. The number of ether oxygens (including phenoxy) is 1. The van der Waals surface area contributed by atoms with Gasteiger partial charge in [0, 0.05) is 5.66 Å². The number of hydrogen-bond acceptors (Lipinski definition) is 2. The van der Waals surface area contributed by atoms with Gasteiger partial charge in [-0.25, -0.2) is 0 Å². The zero-order chi connectivity index (χ0) is 16.2. The highest BCUT2D eigenvalue weighted by molar-refractivity contribution is 7.17. The lowest BCUT2D eigenvalue weighted by atomic mass is 9.71. The van der Waals surface area contributed by atoms with Crippen molar-refractivity contribution in [2.45, 2.75) is 95.7 Å². The Morgan fingerprint density at radius 2 is 1.52 bits per heavy atom. The molecule has 0 aliphatic heterocycles. The van der Waals surface area contributed by atoms with Gasteiger partial charge in [0.2, 0.25) is 0 Å². The lowest BCUT2D eigenvalue weighted by molar-refractivity contribution is -0.157. The fourth-order valence-corrected chi connectivity index (χ4v) is 5.96. The molecule has 0 aromatic rings. The zero-order valence-corrected chi connectivity index (χ0v) is 16.0. The molecule has 0 saturated heterocycles. The molecule has 0 bridgehead atoms. The van der Waals surface area contributed by atoms with Gasteiger partial charge in [-0.15, -0.1) is 9.24 Å². The van der Waals surface area contributed by atoms with Gasteiger partial charge in [-0.3, -0.25) is 4.79 Å². The molecule has 0 radical (unpaired) electrons.